The minimum atomic E-state index is -0.0596. The van der Waals surface area contributed by atoms with Crippen LogP contribution >= 0.6 is 0 Å². The van der Waals surface area contributed by atoms with Crippen LogP contribution in [0.1, 0.15) is 41.5 Å². The highest BCUT2D eigenvalue weighted by Gasteiger charge is 1.87. The molecule has 0 fully saturated rings. The first-order chi connectivity index (χ1) is 6.70. The first-order valence-electron chi connectivity index (χ1n) is 5.01. The minimum Gasteiger partial charge on any atom is -0.467 e. The van der Waals surface area contributed by atoms with E-state index in [2.05, 4.69) is 9.73 Å². The molecule has 84 valence electrons. The number of methoxy groups -OCH3 is 1. The third-order valence-electron chi connectivity index (χ3n) is 0.879. The van der Waals surface area contributed by atoms with Gasteiger partial charge in [0.1, 0.15) is 0 Å². The number of rotatable bonds is 1. The van der Waals surface area contributed by atoms with E-state index in [4.69, 9.17) is 5.41 Å². The van der Waals surface area contributed by atoms with Gasteiger partial charge in [0.2, 0.25) is 0 Å². The zero-order valence-electron chi connectivity index (χ0n) is 10.5. The van der Waals surface area contributed by atoms with Gasteiger partial charge in [0, 0.05) is 5.71 Å². The van der Waals surface area contributed by atoms with Gasteiger partial charge in [-0.3, -0.25) is 0 Å². The molecule has 0 aromatic rings. The van der Waals surface area contributed by atoms with Crippen LogP contribution in [0.4, 0.5) is 0 Å². The summed E-state index contributed by atoms with van der Waals surface area (Å²) in [6.45, 7) is 11.7. The fraction of sp³-hybridized carbons (Fsp3) is 0.636. The molecule has 0 aromatic carbocycles. The molecule has 0 heterocycles. The summed E-state index contributed by atoms with van der Waals surface area (Å²) < 4.78 is 4.53. The Labute approximate surface area is 88.4 Å². The average Bonchev–Trinajstić information content (AvgIpc) is 2.24. The highest BCUT2D eigenvalue weighted by atomic mass is 16.5. The maximum absolute atomic E-state index is 7.00. The third kappa shape index (κ3) is 17.1. The first kappa shape index (κ1) is 18.6. The Kier molecular flexibility index (Phi) is 23.7. The maximum Gasteiger partial charge on any atom is 0.308 e. The van der Waals surface area contributed by atoms with Crippen LogP contribution in [0.5, 0.6) is 0 Å². The molecule has 1 N–H and O–H groups in total. The molecule has 0 atom stereocenters. The summed E-state index contributed by atoms with van der Waals surface area (Å²) in [6.07, 6.45) is 3.68. The van der Waals surface area contributed by atoms with Gasteiger partial charge in [0.15, 0.2) is 0 Å². The van der Waals surface area contributed by atoms with Gasteiger partial charge in [-0.2, -0.15) is 0 Å². The van der Waals surface area contributed by atoms with Crippen molar-refractivity contribution in [2.24, 2.45) is 4.99 Å². The van der Waals surface area contributed by atoms with Crippen molar-refractivity contribution in [1.29, 1.82) is 5.41 Å². The fourth-order valence-electron chi connectivity index (χ4n) is 0.484. The molecule has 0 bridgehead atoms. The van der Waals surface area contributed by atoms with Gasteiger partial charge >= 0.3 is 6.02 Å². The van der Waals surface area contributed by atoms with E-state index >= 15 is 0 Å². The molecule has 0 unspecified atom stereocenters. The number of allylic oxidation sites excluding steroid dienone is 2. The Morgan fingerprint density at radius 3 is 1.93 bits per heavy atom. The summed E-state index contributed by atoms with van der Waals surface area (Å²) in [7, 11) is 1.43. The van der Waals surface area contributed by atoms with Crippen LogP contribution in [0.15, 0.2) is 17.1 Å². The fourth-order valence-corrected chi connectivity index (χ4v) is 0.484. The van der Waals surface area contributed by atoms with E-state index < -0.39 is 0 Å². The van der Waals surface area contributed by atoms with Crippen LogP contribution in [-0.4, -0.2) is 18.8 Å². The highest BCUT2D eigenvalue weighted by Crippen LogP contribution is 1.83. The van der Waals surface area contributed by atoms with Gasteiger partial charge < -0.3 is 4.74 Å². The topological polar surface area (TPSA) is 45.4 Å². The van der Waals surface area contributed by atoms with Crippen molar-refractivity contribution in [3.05, 3.63) is 12.2 Å². The second-order valence-electron chi connectivity index (χ2n) is 1.76. The Bertz CT molecular complexity index is 172. The molecular weight excluding hydrogens is 176 g/mol. The van der Waals surface area contributed by atoms with Gasteiger partial charge in [-0.1, -0.05) is 33.8 Å². The van der Waals surface area contributed by atoms with Gasteiger partial charge in [-0.15, -0.1) is 0 Å². The standard InChI is InChI=1S/C7H12N2O.2C2H6/c1-4-5-6(2)9-7(8)10-3;2*1-2/h4-5,8H,1-3H3;2*1-2H3/b5-4-,8-7?,9-6-;;. The van der Waals surface area contributed by atoms with E-state index in [1.54, 1.807) is 0 Å². The van der Waals surface area contributed by atoms with Gasteiger partial charge in [-0.05, 0) is 19.9 Å². The van der Waals surface area contributed by atoms with Crippen LogP contribution in [0.25, 0.3) is 0 Å². The summed E-state index contributed by atoms with van der Waals surface area (Å²) in [5.41, 5.74) is 0.773. The first-order valence-corrected chi connectivity index (χ1v) is 5.01. The molecule has 3 nitrogen and oxygen atoms in total. The lowest BCUT2D eigenvalue weighted by Gasteiger charge is -1.93. The smallest absolute Gasteiger partial charge is 0.308 e. The van der Waals surface area contributed by atoms with Crippen molar-refractivity contribution >= 4 is 11.7 Å². The number of aliphatic imine (C=N–C) groups is 1. The number of amidine groups is 1. The van der Waals surface area contributed by atoms with Gasteiger partial charge in [0.05, 0.1) is 7.11 Å². The Morgan fingerprint density at radius 2 is 1.64 bits per heavy atom. The van der Waals surface area contributed by atoms with Crippen LogP contribution in [0.2, 0.25) is 0 Å². The number of hydrogen-bond acceptors (Lipinski definition) is 2. The minimum absolute atomic E-state index is 0.0596. The van der Waals surface area contributed by atoms with E-state index in [0.717, 1.165) is 5.71 Å². The molecule has 0 aromatic heterocycles. The van der Waals surface area contributed by atoms with E-state index in [9.17, 15) is 0 Å². The monoisotopic (exact) mass is 200 g/mol. The van der Waals surface area contributed by atoms with Crippen LogP contribution in [0.3, 0.4) is 0 Å². The van der Waals surface area contributed by atoms with Crippen molar-refractivity contribution in [2.75, 3.05) is 7.11 Å². The third-order valence-corrected chi connectivity index (χ3v) is 0.879. The molecule has 0 aliphatic carbocycles. The quantitative estimate of drug-likeness (QED) is 0.509. The number of ether oxygens (including phenoxy) is 1. The number of nitrogens with one attached hydrogen (secondary N) is 1. The zero-order valence-corrected chi connectivity index (χ0v) is 10.5. The highest BCUT2D eigenvalue weighted by molar-refractivity contribution is 5.99. The molecule has 0 aliphatic rings. The van der Waals surface area contributed by atoms with Crippen LogP contribution < -0.4 is 0 Å². The molecule has 0 radical (unpaired) electrons. The van der Waals surface area contributed by atoms with Crippen molar-refractivity contribution < 1.29 is 4.74 Å². The molecule has 0 amide bonds. The molecular formula is C11H24N2O. The summed E-state index contributed by atoms with van der Waals surface area (Å²) in [5, 5.41) is 7.00. The number of nitrogens with zero attached hydrogens (tertiary/aromatic N) is 1. The van der Waals surface area contributed by atoms with Crippen molar-refractivity contribution in [3.63, 3.8) is 0 Å². The van der Waals surface area contributed by atoms with Crippen LogP contribution in [0, 0.1) is 5.41 Å². The largest absolute Gasteiger partial charge is 0.467 e. The summed E-state index contributed by atoms with van der Waals surface area (Å²) in [4.78, 5) is 3.78. The lowest BCUT2D eigenvalue weighted by molar-refractivity contribution is 0.393. The van der Waals surface area contributed by atoms with Crippen molar-refractivity contribution in [2.45, 2.75) is 41.5 Å². The maximum atomic E-state index is 7.00. The normalized spacial score (nSPS) is 9.50. The molecule has 14 heavy (non-hydrogen) atoms. The van der Waals surface area contributed by atoms with Gasteiger partial charge in [-0.25, -0.2) is 10.4 Å². The lowest BCUT2D eigenvalue weighted by atomic mass is 10.4. The van der Waals surface area contributed by atoms with E-state index in [-0.39, 0.29) is 6.02 Å². The van der Waals surface area contributed by atoms with Gasteiger partial charge in [0.25, 0.3) is 0 Å². The van der Waals surface area contributed by atoms with Crippen LogP contribution in [-0.2, 0) is 4.74 Å². The summed E-state index contributed by atoms with van der Waals surface area (Å²) in [6, 6.07) is -0.0596. The zero-order chi connectivity index (χ0) is 12.0. The molecule has 0 rings (SSSR count). The summed E-state index contributed by atoms with van der Waals surface area (Å²) in [5.74, 6) is 0. The van der Waals surface area contributed by atoms with E-state index in [1.165, 1.54) is 7.11 Å². The van der Waals surface area contributed by atoms with E-state index in [1.807, 2.05) is 53.7 Å². The second-order valence-corrected chi connectivity index (χ2v) is 1.76. The molecule has 0 saturated heterocycles. The van der Waals surface area contributed by atoms with Crippen molar-refractivity contribution in [3.8, 4) is 0 Å². The second kappa shape index (κ2) is 17.8. The Morgan fingerprint density at radius 1 is 1.21 bits per heavy atom. The predicted octanol–water partition coefficient (Wildman–Crippen LogP) is 3.66. The molecule has 0 spiro atoms. The predicted molar refractivity (Wildman–Crippen MR) is 65.4 cm³/mol. The molecule has 3 heteroatoms. The summed E-state index contributed by atoms with van der Waals surface area (Å²) >= 11 is 0. The van der Waals surface area contributed by atoms with E-state index in [0.29, 0.717) is 0 Å². The Hall–Kier alpha value is -1.12. The van der Waals surface area contributed by atoms with Crippen molar-refractivity contribution in [1.82, 2.24) is 0 Å². The SMILES string of the molecule is C/C=C\C(C)=N/C(=N)OC.CC.CC. The number of hydrogen-bond donors (Lipinski definition) is 1. The molecule has 0 aliphatic heterocycles. The Balaban J connectivity index is -0.000000266. The molecule has 0 saturated carbocycles. The lowest BCUT2D eigenvalue weighted by Crippen LogP contribution is -1.97. The average molecular weight is 200 g/mol.